The Labute approximate surface area is 140 Å². The maximum Gasteiger partial charge on any atom is 0.330 e. The van der Waals surface area contributed by atoms with Crippen molar-refractivity contribution in [3.05, 3.63) is 29.8 Å². The zero-order chi connectivity index (χ0) is 17.3. The van der Waals surface area contributed by atoms with Gasteiger partial charge >= 0.3 is 12.0 Å². The van der Waals surface area contributed by atoms with Gasteiger partial charge in [0, 0.05) is 32.0 Å². The molecule has 7 nitrogen and oxygen atoms in total. The van der Waals surface area contributed by atoms with Crippen LogP contribution in [0.3, 0.4) is 0 Å². The van der Waals surface area contributed by atoms with E-state index in [1.807, 2.05) is 0 Å². The number of amides is 2. The highest BCUT2D eigenvalue weighted by molar-refractivity contribution is 5.83. The summed E-state index contributed by atoms with van der Waals surface area (Å²) in [5.74, 6) is -0.455. The van der Waals surface area contributed by atoms with Crippen LogP contribution in [0.5, 0.6) is 5.75 Å². The quantitative estimate of drug-likeness (QED) is 0.776. The van der Waals surface area contributed by atoms with Crippen molar-refractivity contribution in [3.63, 3.8) is 0 Å². The molecule has 1 aromatic rings. The van der Waals surface area contributed by atoms with Crippen molar-refractivity contribution in [2.75, 3.05) is 20.2 Å². The first-order valence-electron chi connectivity index (χ1n) is 8.09. The first-order valence-corrected chi connectivity index (χ1v) is 8.09. The minimum Gasteiger partial charge on any atom is -0.508 e. The molecule has 1 aliphatic carbocycles. The van der Waals surface area contributed by atoms with Crippen molar-refractivity contribution in [3.8, 4) is 5.75 Å². The van der Waals surface area contributed by atoms with E-state index in [-0.39, 0.29) is 17.9 Å². The summed E-state index contributed by atoms with van der Waals surface area (Å²) in [6.07, 6.45) is 2.27. The lowest BCUT2D eigenvalue weighted by Crippen LogP contribution is -2.52. The number of aliphatic carboxylic acids is 1. The number of rotatable bonds is 4. The Hall–Kier alpha value is -2.28. The highest BCUT2D eigenvalue weighted by Crippen LogP contribution is 2.38. The molecule has 130 valence electrons. The number of phenolic OH excluding ortho intramolecular Hbond substituents is 1. The molecule has 24 heavy (non-hydrogen) atoms. The predicted molar refractivity (Wildman–Crippen MR) is 85.6 cm³/mol. The molecule has 1 unspecified atom stereocenters. The summed E-state index contributed by atoms with van der Waals surface area (Å²) in [7, 11) is 1.71. The lowest BCUT2D eigenvalue weighted by molar-refractivity contribution is -0.139. The smallest absolute Gasteiger partial charge is 0.330 e. The van der Waals surface area contributed by atoms with Gasteiger partial charge in [0.05, 0.1) is 6.10 Å². The molecule has 7 heteroatoms. The first-order chi connectivity index (χ1) is 11.5. The van der Waals surface area contributed by atoms with Gasteiger partial charge in [0.25, 0.3) is 0 Å². The standard InChI is InChI=1S/C17H22N2O5/c1-24-15-11-2-3-12(15)9-19(8-11)17(23)18-14(16(21)22)10-4-6-13(20)7-5-10/h4-7,11-12,14-15,20H,2-3,8-9H2,1H3,(H,18,23)(H,21,22)/t11-,12+,14-,15?/m1/s1. The van der Waals surface area contributed by atoms with Gasteiger partial charge in [0.2, 0.25) is 0 Å². The number of hydrogen-bond donors (Lipinski definition) is 3. The lowest BCUT2D eigenvalue weighted by atomic mass is 9.95. The fourth-order valence-electron chi connectivity index (χ4n) is 3.89. The van der Waals surface area contributed by atoms with Gasteiger partial charge in [-0.1, -0.05) is 12.1 Å². The van der Waals surface area contributed by atoms with Gasteiger partial charge in [-0.2, -0.15) is 0 Å². The van der Waals surface area contributed by atoms with Crippen LogP contribution in [0.1, 0.15) is 24.4 Å². The fraction of sp³-hybridized carbons (Fsp3) is 0.529. The van der Waals surface area contributed by atoms with E-state index in [1.165, 1.54) is 24.3 Å². The summed E-state index contributed by atoms with van der Waals surface area (Å²) in [5, 5.41) is 21.3. The van der Waals surface area contributed by atoms with Crippen LogP contribution in [-0.2, 0) is 9.53 Å². The van der Waals surface area contributed by atoms with Crippen LogP contribution in [0.2, 0.25) is 0 Å². The van der Waals surface area contributed by atoms with Crippen molar-refractivity contribution >= 4 is 12.0 Å². The van der Waals surface area contributed by atoms with Crippen LogP contribution in [0, 0.1) is 11.8 Å². The second kappa shape index (κ2) is 6.68. The molecule has 0 spiro atoms. The number of benzene rings is 1. The third kappa shape index (κ3) is 3.17. The number of hydrogen-bond acceptors (Lipinski definition) is 4. The van der Waals surface area contributed by atoms with Crippen molar-refractivity contribution in [1.82, 2.24) is 10.2 Å². The van der Waals surface area contributed by atoms with Gasteiger partial charge < -0.3 is 25.2 Å². The third-order valence-corrected chi connectivity index (χ3v) is 5.05. The van der Waals surface area contributed by atoms with E-state index in [1.54, 1.807) is 12.0 Å². The Morgan fingerprint density at radius 3 is 2.29 bits per heavy atom. The molecule has 1 saturated carbocycles. The fourth-order valence-corrected chi connectivity index (χ4v) is 3.89. The minimum absolute atomic E-state index is 0.0485. The Balaban J connectivity index is 1.68. The summed E-state index contributed by atoms with van der Waals surface area (Å²) >= 11 is 0. The maximum absolute atomic E-state index is 12.5. The van der Waals surface area contributed by atoms with E-state index in [2.05, 4.69) is 5.32 Å². The second-order valence-corrected chi connectivity index (χ2v) is 6.52. The predicted octanol–water partition coefficient (Wildman–Crippen LogP) is 1.58. The number of ether oxygens (including phenoxy) is 1. The van der Waals surface area contributed by atoms with Gasteiger partial charge in [-0.25, -0.2) is 9.59 Å². The molecule has 1 aromatic carbocycles. The number of piperidine rings is 1. The Morgan fingerprint density at radius 1 is 1.21 bits per heavy atom. The zero-order valence-corrected chi connectivity index (χ0v) is 13.5. The molecule has 3 N–H and O–H groups in total. The highest BCUT2D eigenvalue weighted by Gasteiger charge is 2.43. The molecule has 0 radical (unpaired) electrons. The number of likely N-dealkylation sites (tertiary alicyclic amines) is 1. The van der Waals surface area contributed by atoms with Crippen molar-refractivity contribution in [2.24, 2.45) is 11.8 Å². The third-order valence-electron chi connectivity index (χ3n) is 5.05. The summed E-state index contributed by atoms with van der Waals surface area (Å²) < 4.78 is 5.53. The van der Waals surface area contributed by atoms with E-state index in [9.17, 15) is 19.8 Å². The lowest BCUT2D eigenvalue weighted by Gasteiger charge is -2.37. The van der Waals surface area contributed by atoms with Crippen LogP contribution in [-0.4, -0.2) is 53.4 Å². The molecule has 2 fully saturated rings. The number of nitrogens with zero attached hydrogens (tertiary/aromatic N) is 1. The Bertz CT molecular complexity index is 604. The van der Waals surface area contributed by atoms with Gasteiger partial charge in [-0.15, -0.1) is 0 Å². The summed E-state index contributed by atoms with van der Waals surface area (Å²) in [4.78, 5) is 25.7. The molecule has 2 bridgehead atoms. The van der Waals surface area contributed by atoms with Gasteiger partial charge in [-0.3, -0.25) is 0 Å². The van der Waals surface area contributed by atoms with E-state index in [0.29, 0.717) is 30.5 Å². The molecule has 4 atom stereocenters. The molecular weight excluding hydrogens is 312 g/mol. The maximum atomic E-state index is 12.5. The zero-order valence-electron chi connectivity index (χ0n) is 13.5. The molecule has 2 amide bonds. The van der Waals surface area contributed by atoms with Crippen LogP contribution in [0.4, 0.5) is 4.79 Å². The van der Waals surface area contributed by atoms with E-state index in [0.717, 1.165) is 12.8 Å². The monoisotopic (exact) mass is 334 g/mol. The van der Waals surface area contributed by atoms with E-state index in [4.69, 9.17) is 4.74 Å². The second-order valence-electron chi connectivity index (χ2n) is 6.52. The Morgan fingerprint density at radius 2 is 1.79 bits per heavy atom. The summed E-state index contributed by atoms with van der Waals surface area (Å²) in [6, 6.07) is 4.28. The summed E-state index contributed by atoms with van der Waals surface area (Å²) in [5.41, 5.74) is 0.420. The van der Waals surface area contributed by atoms with Gasteiger partial charge in [-0.05, 0) is 30.5 Å². The largest absolute Gasteiger partial charge is 0.508 e. The molecule has 1 heterocycles. The van der Waals surface area contributed by atoms with Crippen LogP contribution >= 0.6 is 0 Å². The number of nitrogens with one attached hydrogen (secondary N) is 1. The number of phenols is 1. The van der Waals surface area contributed by atoms with E-state index >= 15 is 0 Å². The molecule has 2 aliphatic rings. The number of fused-ring (bicyclic) bond motifs is 2. The van der Waals surface area contributed by atoms with Gasteiger partial charge in [0.15, 0.2) is 6.04 Å². The van der Waals surface area contributed by atoms with Crippen LogP contribution < -0.4 is 5.32 Å². The number of carbonyl (C=O) groups is 2. The number of carboxylic acids is 1. The van der Waals surface area contributed by atoms with Gasteiger partial charge in [0.1, 0.15) is 5.75 Å². The average molecular weight is 334 g/mol. The molecule has 3 rings (SSSR count). The number of urea groups is 1. The molecule has 1 aliphatic heterocycles. The number of carbonyl (C=O) groups excluding carboxylic acids is 1. The van der Waals surface area contributed by atoms with Crippen LogP contribution in [0.15, 0.2) is 24.3 Å². The van der Waals surface area contributed by atoms with Crippen molar-refractivity contribution in [2.45, 2.75) is 25.0 Å². The molecular formula is C17H22N2O5. The van der Waals surface area contributed by atoms with Crippen molar-refractivity contribution in [1.29, 1.82) is 0 Å². The SMILES string of the molecule is COC1[C@@H]2CC[C@H]1CN(C(=O)N[C@@H](C(=O)O)c1ccc(O)cc1)C2. The van der Waals surface area contributed by atoms with E-state index < -0.39 is 12.0 Å². The van der Waals surface area contributed by atoms with Crippen molar-refractivity contribution < 1.29 is 24.5 Å². The molecule has 1 saturated heterocycles. The average Bonchev–Trinajstić information content (AvgIpc) is 2.81. The number of carboxylic acid groups (broad SMARTS) is 1. The minimum atomic E-state index is -1.14. The first kappa shape index (κ1) is 16.6. The molecule has 0 aromatic heterocycles. The number of aromatic hydroxyl groups is 1. The summed E-state index contributed by atoms with van der Waals surface area (Å²) in [6.45, 7) is 1.17. The topological polar surface area (TPSA) is 99.1 Å². The Kier molecular flexibility index (Phi) is 4.62. The van der Waals surface area contributed by atoms with Crippen LogP contribution in [0.25, 0.3) is 0 Å². The number of methoxy groups -OCH3 is 1. The normalized spacial score (nSPS) is 26.9. The highest BCUT2D eigenvalue weighted by atomic mass is 16.5.